The molecule has 0 bridgehead atoms. The Morgan fingerprint density at radius 2 is 2.00 bits per heavy atom. The zero-order valence-corrected chi connectivity index (χ0v) is 20.0. The van der Waals surface area contributed by atoms with Crippen molar-refractivity contribution in [1.29, 1.82) is 0 Å². The van der Waals surface area contributed by atoms with Crippen LogP contribution in [-0.2, 0) is 14.4 Å². The van der Waals surface area contributed by atoms with E-state index in [-0.39, 0.29) is 37.7 Å². The van der Waals surface area contributed by atoms with E-state index in [9.17, 15) is 23.2 Å². The van der Waals surface area contributed by atoms with Gasteiger partial charge in [-0.05, 0) is 53.6 Å². The van der Waals surface area contributed by atoms with E-state index in [1.165, 1.54) is 22.3 Å². The average molecular weight is 511 g/mol. The first kappa shape index (κ1) is 25.0. The van der Waals surface area contributed by atoms with Crippen molar-refractivity contribution in [1.82, 2.24) is 10.2 Å². The topological polar surface area (TPSA) is 86.7 Å². The smallest absolute Gasteiger partial charge is 0.303 e. The molecule has 1 saturated heterocycles. The van der Waals surface area contributed by atoms with Crippen molar-refractivity contribution in [2.24, 2.45) is 0 Å². The first-order chi connectivity index (χ1) is 15.7. The molecule has 33 heavy (non-hydrogen) atoms. The summed E-state index contributed by atoms with van der Waals surface area (Å²) in [5.74, 6) is -3.35. The average Bonchev–Trinajstić information content (AvgIpc) is 3.25. The number of carboxylic acid groups (broad SMARTS) is 1. The van der Waals surface area contributed by atoms with Crippen LogP contribution in [0.2, 0.25) is 0 Å². The van der Waals surface area contributed by atoms with Crippen molar-refractivity contribution in [3.63, 3.8) is 0 Å². The molecule has 6 nitrogen and oxygen atoms in total. The van der Waals surface area contributed by atoms with Crippen LogP contribution in [-0.4, -0.2) is 45.2 Å². The third-order valence-corrected chi connectivity index (χ3v) is 7.31. The number of carbonyl (C=O) groups excluding carboxylic acids is 2. The lowest BCUT2D eigenvalue weighted by atomic mass is 10.0. The van der Waals surface area contributed by atoms with Crippen LogP contribution in [0.5, 0.6) is 0 Å². The number of carbonyl (C=O) groups is 3. The third-order valence-electron chi connectivity index (χ3n) is 4.90. The summed E-state index contributed by atoms with van der Waals surface area (Å²) in [7, 11) is 0. The Hall–Kier alpha value is -2.63. The highest BCUT2D eigenvalue weighted by Gasteiger charge is 2.32. The van der Waals surface area contributed by atoms with E-state index in [0.29, 0.717) is 21.2 Å². The fourth-order valence-corrected chi connectivity index (χ4v) is 5.50. The maximum Gasteiger partial charge on any atom is 0.303 e. The van der Waals surface area contributed by atoms with E-state index in [1.807, 2.05) is 12.3 Å². The van der Waals surface area contributed by atoms with E-state index < -0.39 is 17.6 Å². The molecule has 2 aromatic rings. The van der Waals surface area contributed by atoms with Gasteiger partial charge in [-0.15, -0.1) is 11.3 Å². The number of thiocarbonyl (C=S) groups is 1. The zero-order valence-electron chi connectivity index (χ0n) is 17.5. The minimum Gasteiger partial charge on any atom is -0.481 e. The van der Waals surface area contributed by atoms with Crippen LogP contribution in [0, 0.1) is 18.6 Å². The van der Waals surface area contributed by atoms with Gasteiger partial charge in [-0.25, -0.2) is 8.78 Å². The molecule has 174 valence electrons. The molecule has 0 spiro atoms. The molecular weight excluding hydrogens is 490 g/mol. The lowest BCUT2D eigenvalue weighted by Crippen LogP contribution is -2.33. The fraction of sp³-hybridized carbons (Fsp3) is 0.273. The number of hydrogen-bond acceptors (Lipinski definition) is 6. The molecule has 2 heterocycles. The number of aliphatic carboxylic acids is 1. The number of benzene rings is 1. The molecule has 1 fully saturated rings. The maximum atomic E-state index is 13.6. The molecule has 11 heteroatoms. The van der Waals surface area contributed by atoms with Crippen LogP contribution in [0.15, 0.2) is 28.5 Å². The van der Waals surface area contributed by atoms with Gasteiger partial charge in [-0.1, -0.05) is 30.0 Å². The monoisotopic (exact) mass is 510 g/mol. The highest BCUT2D eigenvalue weighted by Crippen LogP contribution is 2.37. The van der Waals surface area contributed by atoms with Crippen LogP contribution in [0.3, 0.4) is 0 Å². The van der Waals surface area contributed by atoms with Crippen molar-refractivity contribution in [3.05, 3.63) is 50.6 Å². The van der Waals surface area contributed by atoms with Gasteiger partial charge in [0.15, 0.2) is 11.6 Å². The van der Waals surface area contributed by atoms with Crippen LogP contribution < -0.4 is 5.32 Å². The highest BCUT2D eigenvalue weighted by molar-refractivity contribution is 8.26. The number of thioether (sulfide) groups is 1. The molecule has 3 rings (SSSR count). The SMILES string of the molecule is Cc1c(-c2ccc(F)c(F)c2)csc1C=C1SC(=S)N(CCC(=O)NCCCC(=O)O)C1=O. The molecule has 0 unspecified atom stereocenters. The van der Waals surface area contributed by atoms with Gasteiger partial charge in [-0.3, -0.25) is 19.3 Å². The number of halogens is 2. The Morgan fingerprint density at radius 3 is 2.70 bits per heavy atom. The standard InChI is InChI=1S/C22H20F2N2O4S3/c1-12-14(13-4-5-15(23)16(24)9-13)11-32-17(12)10-18-21(30)26(22(31)33-18)8-6-19(27)25-7-2-3-20(28)29/h4-5,9-11H,2-3,6-8H2,1H3,(H,25,27)(H,28,29). The second-order valence-electron chi connectivity index (χ2n) is 7.20. The van der Waals surface area contributed by atoms with Crippen LogP contribution in [0.1, 0.15) is 29.7 Å². The van der Waals surface area contributed by atoms with Gasteiger partial charge in [-0.2, -0.15) is 0 Å². The quantitative estimate of drug-likeness (QED) is 0.292. The Kier molecular flexibility index (Phi) is 8.33. The Balaban J connectivity index is 1.64. The van der Waals surface area contributed by atoms with Gasteiger partial charge >= 0.3 is 5.97 Å². The molecule has 1 aromatic carbocycles. The molecule has 2 amide bonds. The van der Waals surface area contributed by atoms with E-state index >= 15 is 0 Å². The normalized spacial score (nSPS) is 14.9. The molecule has 0 aliphatic carbocycles. The van der Waals surface area contributed by atoms with Crippen molar-refractivity contribution in [2.45, 2.75) is 26.2 Å². The summed E-state index contributed by atoms with van der Waals surface area (Å²) >= 11 is 7.81. The van der Waals surface area contributed by atoms with Gasteiger partial charge in [0, 0.05) is 30.8 Å². The molecule has 0 radical (unpaired) electrons. The second kappa shape index (κ2) is 11.0. The van der Waals surface area contributed by atoms with Crippen LogP contribution >= 0.6 is 35.3 Å². The molecule has 2 N–H and O–H groups in total. The van der Waals surface area contributed by atoms with Crippen LogP contribution in [0.25, 0.3) is 17.2 Å². The largest absolute Gasteiger partial charge is 0.481 e. The molecule has 0 saturated carbocycles. The predicted molar refractivity (Wildman–Crippen MR) is 129 cm³/mol. The highest BCUT2D eigenvalue weighted by atomic mass is 32.2. The number of carboxylic acids is 1. The lowest BCUT2D eigenvalue weighted by molar-refractivity contribution is -0.137. The summed E-state index contributed by atoms with van der Waals surface area (Å²) in [5.41, 5.74) is 2.13. The summed E-state index contributed by atoms with van der Waals surface area (Å²) in [6.07, 6.45) is 2.07. The summed E-state index contributed by atoms with van der Waals surface area (Å²) < 4.78 is 27.2. The lowest BCUT2D eigenvalue weighted by Gasteiger charge is -2.14. The summed E-state index contributed by atoms with van der Waals surface area (Å²) in [4.78, 5) is 37.8. The predicted octanol–water partition coefficient (Wildman–Crippen LogP) is 4.57. The number of hydrogen-bond donors (Lipinski definition) is 2. The molecule has 1 aromatic heterocycles. The van der Waals surface area contributed by atoms with Gasteiger partial charge in [0.05, 0.1) is 4.91 Å². The summed E-state index contributed by atoms with van der Waals surface area (Å²) in [5, 5.41) is 13.1. The minimum absolute atomic E-state index is 0.0281. The van der Waals surface area contributed by atoms with E-state index in [4.69, 9.17) is 17.3 Å². The van der Waals surface area contributed by atoms with Crippen molar-refractivity contribution < 1.29 is 28.3 Å². The Labute approximate surface area is 202 Å². The third kappa shape index (κ3) is 6.24. The van der Waals surface area contributed by atoms with E-state index in [0.717, 1.165) is 39.9 Å². The number of nitrogens with one attached hydrogen (secondary N) is 1. The zero-order chi connectivity index (χ0) is 24.1. The second-order valence-corrected chi connectivity index (χ2v) is 9.79. The van der Waals surface area contributed by atoms with Crippen molar-refractivity contribution in [3.8, 4) is 11.1 Å². The Bertz CT molecular complexity index is 1150. The maximum absolute atomic E-state index is 13.6. The number of nitrogens with zero attached hydrogens (tertiary/aromatic N) is 1. The molecule has 1 aliphatic rings. The van der Waals surface area contributed by atoms with E-state index in [1.54, 1.807) is 6.08 Å². The summed E-state index contributed by atoms with van der Waals surface area (Å²) in [6, 6.07) is 3.72. The van der Waals surface area contributed by atoms with Crippen molar-refractivity contribution >= 4 is 63.5 Å². The van der Waals surface area contributed by atoms with Gasteiger partial charge < -0.3 is 10.4 Å². The van der Waals surface area contributed by atoms with Crippen LogP contribution in [0.4, 0.5) is 8.78 Å². The fourth-order valence-electron chi connectivity index (χ4n) is 3.10. The van der Waals surface area contributed by atoms with Crippen molar-refractivity contribution in [2.75, 3.05) is 13.1 Å². The number of amides is 2. The minimum atomic E-state index is -0.925. The molecular formula is C22H20F2N2O4S3. The van der Waals surface area contributed by atoms with E-state index in [2.05, 4.69) is 5.32 Å². The van der Waals surface area contributed by atoms with Gasteiger partial charge in [0.2, 0.25) is 5.91 Å². The molecule has 1 aliphatic heterocycles. The Morgan fingerprint density at radius 1 is 1.24 bits per heavy atom. The number of rotatable bonds is 9. The van der Waals surface area contributed by atoms with Gasteiger partial charge in [0.1, 0.15) is 4.32 Å². The first-order valence-corrected chi connectivity index (χ1v) is 12.0. The first-order valence-electron chi connectivity index (χ1n) is 9.94. The number of thiophene rings is 1. The molecule has 0 atom stereocenters. The summed E-state index contributed by atoms with van der Waals surface area (Å²) in [6.45, 7) is 2.21. The van der Waals surface area contributed by atoms with Gasteiger partial charge in [0.25, 0.3) is 5.91 Å².